The highest BCUT2D eigenvalue weighted by Gasteiger charge is 2.18. The third kappa shape index (κ3) is 43.1. The van der Waals surface area contributed by atoms with E-state index in [4.69, 9.17) is 126 Å². The molecule has 0 bridgehead atoms. The number of aromatic hydroxyl groups is 2. The largest absolute Gasteiger partial charge is 0.506 e. The number of carbonyl (C=O) groups is 8. The smallest absolute Gasteiger partial charge is 0.499 e. The summed E-state index contributed by atoms with van der Waals surface area (Å²) in [6.45, 7) is 18.0. The fourth-order valence-electron chi connectivity index (χ4n) is 9.39. The number of ketones is 5. The van der Waals surface area contributed by atoms with Gasteiger partial charge in [0.25, 0.3) is 0 Å². The van der Waals surface area contributed by atoms with Crippen molar-refractivity contribution < 1.29 is 82.7 Å². The zero-order valence-electron chi connectivity index (χ0n) is 70.4. The quantitative estimate of drug-likeness (QED) is 0.00820. The maximum absolute atomic E-state index is 11.8. The minimum absolute atomic E-state index is 0.0460. The number of nitrogens with two attached hydrogens (primary N) is 1. The Labute approximate surface area is 815 Å². The number of nitrogens with one attached hydrogen (secondary N) is 2. The number of halogens is 9. The third-order valence-corrected chi connectivity index (χ3v) is 23.9. The minimum atomic E-state index is -1.46. The van der Waals surface area contributed by atoms with Crippen LogP contribution in [0.25, 0.3) is 53.9 Å². The zero-order valence-corrected chi connectivity index (χ0v) is 82.9. The Morgan fingerprint density at radius 1 is 0.484 bits per heavy atom. The molecule has 0 spiro atoms. The molecule has 12 aromatic rings. The lowest BCUT2D eigenvalue weighted by Gasteiger charge is -2.19. The Morgan fingerprint density at radius 3 is 1.16 bits per heavy atom. The number of pyridine rings is 2. The molecule has 0 aliphatic rings. The minimum Gasteiger partial charge on any atom is -0.506 e. The summed E-state index contributed by atoms with van der Waals surface area (Å²) in [6.07, 6.45) is 12.9. The highest BCUT2D eigenvalue weighted by atomic mass is 79.9. The predicted molar refractivity (Wildman–Crippen MR) is 533 cm³/mol. The summed E-state index contributed by atoms with van der Waals surface area (Å²) in [5.74, 6) is 1.09. The van der Waals surface area contributed by atoms with Gasteiger partial charge in [-0.25, -0.2) is 9.59 Å². The molecule has 0 unspecified atom stereocenters. The van der Waals surface area contributed by atoms with E-state index in [9.17, 15) is 43.5 Å². The van der Waals surface area contributed by atoms with Crippen molar-refractivity contribution in [2.24, 2.45) is 5.73 Å². The molecule has 7 aromatic heterocycles. The van der Waals surface area contributed by atoms with E-state index >= 15 is 0 Å². The highest BCUT2D eigenvalue weighted by molar-refractivity contribution is 9.10. The standard InChI is InChI=1S/C22H19ClN2O3S.C15H15ClO2S.C14H14ClNO2S.C12H9ClO2S.C8H7NO2.C7H14BrNO2.C6H7BO3S.C6H4BrClO.CH2Cl2/c1-15(26)20-7-8-21(29-20)17-5-6-19(18(23)13-17)28-12-11-25-22(27)9-4-16-3-2-10-24-14-16;1-3-8-18-13-5-4-11(9-12(13)16)15-7-6-14(19-15)10(2)17;1-9(17)13-4-5-14(19-13)10-2-3-12(11(15)8-10)18-7-6-16;1-7(14)11-4-5-12(16-11)8-2-3-10(15)9(13)6-8;10-8(11)4-3-7-2-1-5-9-6-7;1-7(2,3)11-6(10)9-5-4-8;1-4(8)5-2-3-6(11-5)7(9)10;7-4-1-2-6(9)5(8)3-4;2-1-3/h2-10,13-14H,11-12H2,1H3,(H,25,27);4-7,9H,3,8H2,1-2H3;2-5,8H,6-7,16H2,1H3;2-6,15H,1H3;1-6H,(H,10,11);4-5H2,1-3H3,(H,9,10);2-3,9-10H,1H3;1-3,9H;1H2/b9-4+;;;;4-3+;;;;. The average molecular weight is 2110 g/mol. The van der Waals surface area contributed by atoms with E-state index in [1.807, 2.05) is 118 Å². The number of aromatic nitrogens is 2. The molecule has 128 heavy (non-hydrogen) atoms. The molecule has 5 aromatic carbocycles. The number of Topliss-reactive ketones (excluding diaryl/α,β-unsaturated/α-hetero) is 5. The van der Waals surface area contributed by atoms with Crippen LogP contribution in [0.3, 0.4) is 0 Å². The SMILES string of the molecule is CC(=O)c1ccc(-c2ccc(O)c(Cl)c2)s1.CC(=O)c1ccc(-c2ccc(OCCN)c(Cl)c2)s1.CC(=O)c1ccc(-c2ccc(OCCNC(=O)/C=C/c3cccnc3)c(Cl)c2)s1.CC(=O)c1ccc(B(O)O)s1.CC(C)(C)OC(=O)NCCBr.CCCOc1ccc(-c2ccc(C(C)=O)s2)cc1Cl.ClCCl.O=C(O)/C=C/c1cccnc1.Oc1ccc(Br)cc1Cl. The Morgan fingerprint density at radius 2 is 0.852 bits per heavy atom. The highest BCUT2D eigenvalue weighted by Crippen LogP contribution is 2.39. The van der Waals surface area contributed by atoms with Crippen LogP contribution in [0.2, 0.25) is 25.1 Å². The molecule has 0 saturated heterocycles. The van der Waals surface area contributed by atoms with Crippen LogP contribution < -0.4 is 35.4 Å². The van der Waals surface area contributed by atoms with Crippen LogP contribution >= 0.6 is 170 Å². The summed E-state index contributed by atoms with van der Waals surface area (Å²) in [6, 6.07) is 51.9. The normalized spacial score (nSPS) is 10.3. The topological polar surface area (TPSA) is 350 Å². The number of benzene rings is 5. The number of ether oxygens (including phenoxy) is 4. The van der Waals surface area contributed by atoms with E-state index in [0.29, 0.717) is 96.3 Å². The number of hydrogen-bond acceptors (Lipinski definition) is 24. The fourth-order valence-corrected chi connectivity index (χ4v) is 15.5. The van der Waals surface area contributed by atoms with Gasteiger partial charge in [-0.05, 0) is 265 Å². The number of phenols is 2. The number of thiophene rings is 5. The average Bonchev–Trinajstić information content (AvgIpc) is 1.67. The second kappa shape index (κ2) is 60.0. The first-order valence-corrected chi connectivity index (χ1v) is 47.1. The monoisotopic (exact) mass is 2100 g/mol. The third-order valence-electron chi connectivity index (χ3n) is 15.3. The Bertz CT molecular complexity index is 5510. The van der Waals surface area contributed by atoms with Crippen LogP contribution in [0.5, 0.6) is 28.7 Å². The number of nitrogens with zero attached hydrogens (tertiary/aromatic N) is 2. The second-order valence-electron chi connectivity index (χ2n) is 26.6. The first-order valence-electron chi connectivity index (χ1n) is 38.1. The first-order chi connectivity index (χ1) is 60.8. The number of rotatable bonds is 26. The Balaban J connectivity index is 0.000000314. The maximum atomic E-state index is 11.8. The summed E-state index contributed by atoms with van der Waals surface area (Å²) in [7, 11) is -1.46. The molecule has 37 heteroatoms. The van der Waals surface area contributed by atoms with Gasteiger partial charge in [0.15, 0.2) is 28.9 Å². The molecule has 12 rings (SSSR count). The zero-order chi connectivity index (χ0) is 95.0. The van der Waals surface area contributed by atoms with Crippen LogP contribution in [-0.4, -0.2) is 145 Å². The molecule has 0 radical (unpaired) electrons. The number of alkyl carbamates (subject to hydrolysis) is 1. The number of hydrogen-bond donors (Lipinski definition) is 8. The lowest BCUT2D eigenvalue weighted by molar-refractivity contribution is -0.131. The molecule has 0 atom stereocenters. The molecule has 0 saturated carbocycles. The maximum Gasteiger partial charge on any atom is 0.499 e. The number of amides is 2. The van der Waals surface area contributed by atoms with E-state index in [1.165, 1.54) is 76.6 Å². The van der Waals surface area contributed by atoms with Gasteiger partial charge in [-0.3, -0.25) is 38.7 Å². The van der Waals surface area contributed by atoms with Gasteiger partial charge in [0.2, 0.25) is 5.91 Å². The Hall–Kier alpha value is -9.13. The molecule has 7 heterocycles. The van der Waals surface area contributed by atoms with E-state index in [-0.39, 0.29) is 57.8 Å². The number of phenolic OH excluding ortho intramolecular Hbond substituents is 2. The number of aliphatic carboxylic acids is 1. The van der Waals surface area contributed by atoms with Gasteiger partial charge in [0.1, 0.15) is 47.6 Å². The van der Waals surface area contributed by atoms with Crippen LogP contribution in [-0.2, 0) is 14.3 Å². The molecule has 0 aliphatic heterocycles. The van der Waals surface area contributed by atoms with Gasteiger partial charge in [-0.1, -0.05) is 115 Å². The van der Waals surface area contributed by atoms with E-state index < -0.39 is 18.7 Å². The van der Waals surface area contributed by atoms with Crippen molar-refractivity contribution in [1.29, 1.82) is 0 Å². The van der Waals surface area contributed by atoms with Crippen molar-refractivity contribution >= 4 is 241 Å². The summed E-state index contributed by atoms with van der Waals surface area (Å²) in [4.78, 5) is 104. The number of carboxylic acids is 1. The summed E-state index contributed by atoms with van der Waals surface area (Å²) >= 11 is 52.8. The molecule has 2 amide bonds. The predicted octanol–water partition coefficient (Wildman–Crippen LogP) is 24.5. The lowest BCUT2D eigenvalue weighted by Crippen LogP contribution is -2.33. The van der Waals surface area contributed by atoms with Crippen molar-refractivity contribution in [2.75, 3.05) is 50.1 Å². The van der Waals surface area contributed by atoms with E-state index in [2.05, 4.69) is 59.4 Å². The van der Waals surface area contributed by atoms with E-state index in [1.54, 1.807) is 125 Å². The molecular weight excluding hydrogens is 2010 g/mol. The number of carboxylic acid groups (broad SMARTS) is 1. The van der Waals surface area contributed by atoms with Crippen molar-refractivity contribution in [1.82, 2.24) is 20.6 Å². The van der Waals surface area contributed by atoms with Crippen LogP contribution in [0.1, 0.15) is 128 Å². The summed E-state index contributed by atoms with van der Waals surface area (Å²) in [5, 5.41) is 52.4. The van der Waals surface area contributed by atoms with Crippen molar-refractivity contribution in [3.63, 3.8) is 0 Å². The van der Waals surface area contributed by atoms with Crippen molar-refractivity contribution in [2.45, 2.75) is 74.3 Å². The molecule has 0 fully saturated rings. The first kappa shape index (κ1) is 111. The number of carbonyl (C=O) groups excluding carboxylic acids is 7. The Kier molecular flexibility index (Phi) is 52.1. The summed E-state index contributed by atoms with van der Waals surface area (Å²) < 4.78 is 22.8. The van der Waals surface area contributed by atoms with Crippen LogP contribution in [0.4, 0.5) is 4.79 Å². The van der Waals surface area contributed by atoms with Gasteiger partial charge in [-0.15, -0.1) is 79.9 Å². The number of alkyl halides is 3. The van der Waals surface area contributed by atoms with Gasteiger partial charge < -0.3 is 60.7 Å². The fraction of sp³-hybridized carbons (Fsp3) is 0.209. The molecule has 0 aliphatic carbocycles. The summed E-state index contributed by atoms with van der Waals surface area (Å²) in [5.41, 5.74) is 10.4. The van der Waals surface area contributed by atoms with Gasteiger partial charge in [0, 0.05) is 84.1 Å². The van der Waals surface area contributed by atoms with Gasteiger partial charge in [-0.2, -0.15) is 0 Å². The van der Waals surface area contributed by atoms with Gasteiger partial charge >= 0.3 is 19.2 Å². The van der Waals surface area contributed by atoms with E-state index in [0.717, 1.165) is 101 Å². The van der Waals surface area contributed by atoms with Crippen molar-refractivity contribution in [3.05, 3.63) is 278 Å². The molecule has 9 N–H and O–H groups in total. The second-order valence-corrected chi connectivity index (χ2v) is 36.6. The van der Waals surface area contributed by atoms with Crippen LogP contribution in [0.15, 0.2) is 217 Å². The van der Waals surface area contributed by atoms with Crippen molar-refractivity contribution in [3.8, 4) is 70.5 Å². The molecule has 22 nitrogen and oxygen atoms in total. The van der Waals surface area contributed by atoms with Gasteiger partial charge in [0.05, 0.1) is 68.0 Å². The van der Waals surface area contributed by atoms with Crippen LogP contribution in [0, 0.1) is 0 Å². The molecule has 678 valence electrons. The lowest BCUT2D eigenvalue weighted by atomic mass is 9.90. The molecular formula is C91H91BBr2Cl7N5O17S5.